The Morgan fingerprint density at radius 1 is 1.25 bits per heavy atom. The lowest BCUT2D eigenvalue weighted by Crippen LogP contribution is -2.20. The fraction of sp³-hybridized carbons (Fsp3) is 0.211. The number of thioether (sulfide) groups is 1. The number of benzene rings is 2. The first kappa shape index (κ1) is 20.4. The Balaban J connectivity index is 1.58. The minimum Gasteiger partial charge on any atom is -0.482 e. The number of halogens is 1. The van der Waals surface area contributed by atoms with E-state index in [1.165, 1.54) is 23.1 Å². The number of thiazole rings is 1. The van der Waals surface area contributed by atoms with Crippen LogP contribution in [0.4, 0.5) is 5.69 Å². The van der Waals surface area contributed by atoms with Crippen LogP contribution in [0.25, 0.3) is 10.2 Å². The van der Waals surface area contributed by atoms with Crippen molar-refractivity contribution in [2.24, 2.45) is 0 Å². The molecule has 1 aromatic heterocycles. The summed E-state index contributed by atoms with van der Waals surface area (Å²) in [5, 5.41) is 3.24. The number of rotatable bonds is 8. The molecule has 1 amide bonds. The van der Waals surface area contributed by atoms with Gasteiger partial charge < -0.3 is 14.8 Å². The molecule has 6 nitrogen and oxygen atoms in total. The number of hydrogen-bond acceptors (Lipinski definition) is 7. The Labute approximate surface area is 175 Å². The highest BCUT2D eigenvalue weighted by Gasteiger charge is 2.10. The third kappa shape index (κ3) is 5.60. The van der Waals surface area contributed by atoms with E-state index in [2.05, 4.69) is 10.3 Å². The van der Waals surface area contributed by atoms with Gasteiger partial charge in [-0.15, -0.1) is 11.3 Å². The van der Waals surface area contributed by atoms with E-state index < -0.39 is 0 Å². The fourth-order valence-corrected chi connectivity index (χ4v) is 4.36. The summed E-state index contributed by atoms with van der Waals surface area (Å²) in [6.45, 7) is 1.99. The number of nitrogens with zero attached hydrogens (tertiary/aromatic N) is 1. The second-order valence-electron chi connectivity index (χ2n) is 5.52. The van der Waals surface area contributed by atoms with Crippen LogP contribution in [0.15, 0.2) is 46.8 Å². The number of para-hydroxylation sites is 1. The van der Waals surface area contributed by atoms with Gasteiger partial charge in [0.1, 0.15) is 5.75 Å². The van der Waals surface area contributed by atoms with Gasteiger partial charge in [-0.2, -0.15) is 0 Å². The molecule has 0 fully saturated rings. The maximum Gasteiger partial charge on any atom is 0.316 e. The van der Waals surface area contributed by atoms with Crippen LogP contribution in [0, 0.1) is 0 Å². The van der Waals surface area contributed by atoms with E-state index in [0.717, 1.165) is 14.6 Å². The van der Waals surface area contributed by atoms with Gasteiger partial charge >= 0.3 is 5.97 Å². The molecule has 9 heteroatoms. The first-order chi connectivity index (χ1) is 13.5. The second-order valence-corrected chi connectivity index (χ2v) is 8.18. The van der Waals surface area contributed by atoms with E-state index in [-0.39, 0.29) is 24.2 Å². The van der Waals surface area contributed by atoms with Crippen molar-refractivity contribution in [2.75, 3.05) is 24.3 Å². The topological polar surface area (TPSA) is 77.5 Å². The molecular weight excluding hydrogens is 420 g/mol. The summed E-state index contributed by atoms with van der Waals surface area (Å²) in [5.41, 5.74) is 1.45. The monoisotopic (exact) mass is 436 g/mol. The molecule has 0 aliphatic heterocycles. The van der Waals surface area contributed by atoms with E-state index in [9.17, 15) is 9.59 Å². The first-order valence-electron chi connectivity index (χ1n) is 8.41. The van der Waals surface area contributed by atoms with Crippen LogP contribution in [0.1, 0.15) is 6.92 Å². The average molecular weight is 437 g/mol. The number of ether oxygens (including phenoxy) is 2. The maximum atomic E-state index is 12.1. The summed E-state index contributed by atoms with van der Waals surface area (Å²) in [7, 11) is 0. The van der Waals surface area contributed by atoms with Crippen LogP contribution in [0.3, 0.4) is 0 Å². The van der Waals surface area contributed by atoms with Crippen molar-refractivity contribution < 1.29 is 19.1 Å². The number of hydrogen-bond donors (Lipinski definition) is 1. The van der Waals surface area contributed by atoms with Crippen molar-refractivity contribution in [3.63, 3.8) is 0 Å². The van der Waals surface area contributed by atoms with Crippen LogP contribution in [-0.4, -0.2) is 35.8 Å². The van der Waals surface area contributed by atoms with E-state index in [1.807, 2.05) is 12.1 Å². The van der Waals surface area contributed by atoms with Crippen molar-refractivity contribution in [3.8, 4) is 5.75 Å². The molecule has 3 aromatic rings. The number of fused-ring (bicyclic) bond motifs is 1. The quantitative estimate of drug-likeness (QED) is 0.410. The van der Waals surface area contributed by atoms with Gasteiger partial charge in [0.2, 0.25) is 0 Å². The number of carbonyl (C=O) groups is 2. The predicted octanol–water partition coefficient (Wildman–Crippen LogP) is 4.62. The Hall–Kier alpha value is -2.29. The standard InChI is InChI=1S/C19H17ClN2O4S2/c1-2-25-18(24)11-27-19-22-14-8-7-12(9-16(14)28-19)21-17(23)10-26-15-6-4-3-5-13(15)20/h3-9H,2,10-11H2,1H3,(H,21,23). The van der Waals surface area contributed by atoms with Gasteiger partial charge in [0.05, 0.1) is 27.6 Å². The first-order valence-corrected chi connectivity index (χ1v) is 10.6. The molecule has 28 heavy (non-hydrogen) atoms. The second kappa shape index (κ2) is 9.77. The molecule has 3 rings (SSSR count). The number of anilines is 1. The fourth-order valence-electron chi connectivity index (χ4n) is 2.27. The molecule has 0 aliphatic carbocycles. The van der Waals surface area contributed by atoms with Crippen molar-refractivity contribution in [3.05, 3.63) is 47.5 Å². The van der Waals surface area contributed by atoms with Crippen molar-refractivity contribution in [1.82, 2.24) is 4.98 Å². The lowest BCUT2D eigenvalue weighted by atomic mass is 10.3. The summed E-state index contributed by atoms with van der Waals surface area (Å²) in [6.07, 6.45) is 0. The molecule has 0 radical (unpaired) electrons. The van der Waals surface area contributed by atoms with Gasteiger partial charge in [0.25, 0.3) is 5.91 Å². The molecule has 146 valence electrons. The summed E-state index contributed by atoms with van der Waals surface area (Å²) in [5.74, 6) is 0.121. The Morgan fingerprint density at radius 2 is 2.07 bits per heavy atom. The minimum absolute atomic E-state index is 0.148. The normalized spacial score (nSPS) is 10.6. The number of amides is 1. The zero-order valence-electron chi connectivity index (χ0n) is 14.9. The number of carbonyl (C=O) groups excluding carboxylic acids is 2. The smallest absolute Gasteiger partial charge is 0.316 e. The lowest BCUT2D eigenvalue weighted by Gasteiger charge is -2.08. The van der Waals surface area contributed by atoms with Crippen LogP contribution in [0.2, 0.25) is 5.02 Å². The highest BCUT2D eigenvalue weighted by atomic mass is 35.5. The van der Waals surface area contributed by atoms with E-state index in [4.69, 9.17) is 21.1 Å². The van der Waals surface area contributed by atoms with Gasteiger partial charge in [0, 0.05) is 5.69 Å². The number of aromatic nitrogens is 1. The molecule has 0 saturated carbocycles. The van der Waals surface area contributed by atoms with Gasteiger partial charge in [-0.05, 0) is 37.3 Å². The molecule has 2 aromatic carbocycles. The lowest BCUT2D eigenvalue weighted by molar-refractivity contribution is -0.139. The van der Waals surface area contributed by atoms with Crippen molar-refractivity contribution in [1.29, 1.82) is 0 Å². The highest BCUT2D eigenvalue weighted by Crippen LogP contribution is 2.31. The number of nitrogens with one attached hydrogen (secondary N) is 1. The van der Waals surface area contributed by atoms with Crippen LogP contribution < -0.4 is 10.1 Å². The largest absolute Gasteiger partial charge is 0.482 e. The molecule has 0 unspecified atom stereocenters. The van der Waals surface area contributed by atoms with Gasteiger partial charge in [0.15, 0.2) is 10.9 Å². The molecule has 0 aliphatic rings. The van der Waals surface area contributed by atoms with Crippen LogP contribution >= 0.6 is 34.7 Å². The summed E-state index contributed by atoms with van der Waals surface area (Å²) in [6, 6.07) is 12.4. The maximum absolute atomic E-state index is 12.1. The van der Waals surface area contributed by atoms with E-state index in [1.54, 1.807) is 37.3 Å². The highest BCUT2D eigenvalue weighted by molar-refractivity contribution is 8.01. The van der Waals surface area contributed by atoms with Gasteiger partial charge in [-0.25, -0.2) is 4.98 Å². The Morgan fingerprint density at radius 3 is 2.86 bits per heavy atom. The van der Waals surface area contributed by atoms with E-state index in [0.29, 0.717) is 23.1 Å². The van der Waals surface area contributed by atoms with Gasteiger partial charge in [-0.3, -0.25) is 9.59 Å². The number of esters is 1. The summed E-state index contributed by atoms with van der Waals surface area (Å²) >= 11 is 8.79. The van der Waals surface area contributed by atoms with E-state index >= 15 is 0 Å². The third-order valence-electron chi connectivity index (χ3n) is 3.47. The Bertz CT molecular complexity index is 993. The molecule has 0 spiro atoms. The molecule has 0 saturated heterocycles. The van der Waals surface area contributed by atoms with Crippen molar-refractivity contribution in [2.45, 2.75) is 11.3 Å². The Kier molecular flexibility index (Phi) is 7.13. The zero-order chi connectivity index (χ0) is 19.9. The molecular formula is C19H17ClN2O4S2. The predicted molar refractivity (Wildman–Crippen MR) is 113 cm³/mol. The third-order valence-corrected chi connectivity index (χ3v) is 5.91. The van der Waals surface area contributed by atoms with Crippen molar-refractivity contribution >= 4 is 62.5 Å². The van der Waals surface area contributed by atoms with Crippen LogP contribution in [-0.2, 0) is 14.3 Å². The molecule has 0 atom stereocenters. The summed E-state index contributed by atoms with van der Waals surface area (Å²) < 4.78 is 12.0. The minimum atomic E-state index is -0.291. The molecule has 1 heterocycles. The zero-order valence-corrected chi connectivity index (χ0v) is 17.3. The molecule has 1 N–H and O–H groups in total. The average Bonchev–Trinajstić information content (AvgIpc) is 3.08. The summed E-state index contributed by atoms with van der Waals surface area (Å²) in [4.78, 5) is 28.1. The van der Waals surface area contributed by atoms with Gasteiger partial charge in [-0.1, -0.05) is 35.5 Å². The molecule has 0 bridgehead atoms. The van der Waals surface area contributed by atoms with Crippen LogP contribution in [0.5, 0.6) is 5.75 Å². The SMILES string of the molecule is CCOC(=O)CSc1nc2ccc(NC(=O)COc3ccccc3Cl)cc2s1.